The molecule has 41 heavy (non-hydrogen) atoms. The molecule has 0 spiro atoms. The largest absolute Gasteiger partial charge is 0.494 e. The third-order valence-electron chi connectivity index (χ3n) is 7.61. The minimum Gasteiger partial charge on any atom is -0.494 e. The molecule has 0 aromatic heterocycles. The Morgan fingerprint density at radius 3 is 2.27 bits per heavy atom. The van der Waals surface area contributed by atoms with Crippen molar-refractivity contribution in [3.63, 3.8) is 0 Å². The monoisotopic (exact) mass is 576 g/mol. The van der Waals surface area contributed by atoms with Crippen molar-refractivity contribution in [1.82, 2.24) is 4.90 Å². The van der Waals surface area contributed by atoms with Crippen LogP contribution >= 0.6 is 0 Å². The SMILES string of the molecule is O=C(N1CCCCC1)[C@@]1(CCS(=O)(=O)c2ccccc2)N=C(c2ccc(OCCCO)cc2)O[C@H]1c1ccccc1. The Balaban J connectivity index is 1.54. The van der Waals surface area contributed by atoms with Gasteiger partial charge in [-0.05, 0) is 61.2 Å². The minimum atomic E-state index is -3.68. The van der Waals surface area contributed by atoms with Crippen LogP contribution in [0.1, 0.15) is 49.3 Å². The summed E-state index contributed by atoms with van der Waals surface area (Å²) in [6.07, 6.45) is 2.57. The van der Waals surface area contributed by atoms with Crippen LogP contribution < -0.4 is 4.74 Å². The Kier molecular flexibility index (Phi) is 9.05. The molecule has 3 aromatic carbocycles. The van der Waals surface area contributed by atoms with Crippen molar-refractivity contribution in [2.45, 2.75) is 48.6 Å². The van der Waals surface area contributed by atoms with Gasteiger partial charge in [0.05, 0.1) is 17.3 Å². The molecule has 0 aliphatic carbocycles. The zero-order valence-electron chi connectivity index (χ0n) is 23.0. The first kappa shape index (κ1) is 28.8. The van der Waals surface area contributed by atoms with E-state index in [0.717, 1.165) is 24.8 Å². The van der Waals surface area contributed by atoms with Crippen molar-refractivity contribution >= 4 is 21.6 Å². The number of carbonyl (C=O) groups excluding carboxylic acids is 1. The molecule has 2 aliphatic rings. The molecule has 5 rings (SSSR count). The van der Waals surface area contributed by atoms with Crippen molar-refractivity contribution in [1.29, 1.82) is 0 Å². The summed E-state index contributed by atoms with van der Waals surface area (Å²) in [6.45, 7) is 1.67. The normalized spacial score (nSPS) is 20.8. The standard InChI is InChI=1S/C32H36N2O6S/c35-22-10-23-39-27-17-15-26(16-18-27)30-33-32(31(36)34-20-8-3-9-21-34,29(40-30)25-11-4-1-5-12-25)19-24-41(37,38)28-13-6-2-7-14-28/h1-2,4-7,11-18,29,35H,3,8-10,19-24H2/t29-,32-/m0/s1. The number of carbonyl (C=O) groups is 1. The van der Waals surface area contributed by atoms with Crippen LogP contribution in [0.5, 0.6) is 5.75 Å². The predicted octanol–water partition coefficient (Wildman–Crippen LogP) is 4.58. The lowest BCUT2D eigenvalue weighted by Crippen LogP contribution is -2.52. The van der Waals surface area contributed by atoms with Crippen LogP contribution in [0, 0.1) is 0 Å². The predicted molar refractivity (Wildman–Crippen MR) is 157 cm³/mol. The fourth-order valence-electron chi connectivity index (χ4n) is 5.39. The first-order valence-corrected chi connectivity index (χ1v) is 15.8. The average molecular weight is 577 g/mol. The Morgan fingerprint density at radius 1 is 0.951 bits per heavy atom. The highest BCUT2D eigenvalue weighted by Gasteiger charge is 2.55. The summed E-state index contributed by atoms with van der Waals surface area (Å²) in [5.41, 5.74) is -0.0241. The number of likely N-dealkylation sites (tertiary alicyclic amines) is 1. The Morgan fingerprint density at radius 2 is 1.61 bits per heavy atom. The molecule has 1 saturated heterocycles. The van der Waals surface area contributed by atoms with Gasteiger partial charge in [-0.3, -0.25) is 4.79 Å². The van der Waals surface area contributed by atoms with E-state index in [1.54, 1.807) is 42.5 Å². The van der Waals surface area contributed by atoms with Gasteiger partial charge in [0, 0.05) is 38.1 Å². The van der Waals surface area contributed by atoms with Crippen LogP contribution in [0.15, 0.2) is 94.8 Å². The van der Waals surface area contributed by atoms with Gasteiger partial charge in [0.25, 0.3) is 5.91 Å². The van der Waals surface area contributed by atoms with Crippen molar-refractivity contribution in [2.75, 3.05) is 32.1 Å². The molecule has 1 N–H and O–H groups in total. The summed E-state index contributed by atoms with van der Waals surface area (Å²) in [7, 11) is -3.68. The van der Waals surface area contributed by atoms with E-state index in [1.165, 1.54) is 0 Å². The van der Waals surface area contributed by atoms with Gasteiger partial charge >= 0.3 is 0 Å². The van der Waals surface area contributed by atoms with E-state index in [0.29, 0.717) is 43.3 Å². The van der Waals surface area contributed by atoms with E-state index in [1.807, 2.05) is 47.4 Å². The Labute approximate surface area is 241 Å². The molecule has 9 heteroatoms. The van der Waals surface area contributed by atoms with Gasteiger partial charge < -0.3 is 19.5 Å². The molecule has 8 nitrogen and oxygen atoms in total. The van der Waals surface area contributed by atoms with Gasteiger partial charge in [0.1, 0.15) is 5.75 Å². The maximum Gasteiger partial charge on any atom is 0.254 e. The smallest absolute Gasteiger partial charge is 0.254 e. The number of benzene rings is 3. The minimum absolute atomic E-state index is 0.0228. The molecule has 216 valence electrons. The van der Waals surface area contributed by atoms with Gasteiger partial charge in [-0.1, -0.05) is 48.5 Å². The number of aliphatic hydroxyl groups is 1. The lowest BCUT2D eigenvalue weighted by Gasteiger charge is -2.37. The maximum absolute atomic E-state index is 14.4. The topological polar surface area (TPSA) is 106 Å². The van der Waals surface area contributed by atoms with Crippen LogP contribution in [0.2, 0.25) is 0 Å². The van der Waals surface area contributed by atoms with Crippen LogP contribution in [-0.2, 0) is 19.4 Å². The molecular weight excluding hydrogens is 540 g/mol. The van der Waals surface area contributed by atoms with Crippen molar-refractivity contribution < 1.29 is 27.8 Å². The van der Waals surface area contributed by atoms with Gasteiger partial charge in [0.15, 0.2) is 21.5 Å². The molecule has 0 saturated carbocycles. The second kappa shape index (κ2) is 12.9. The van der Waals surface area contributed by atoms with Crippen molar-refractivity contribution in [2.24, 2.45) is 4.99 Å². The van der Waals surface area contributed by atoms with Crippen LogP contribution in [0.25, 0.3) is 0 Å². The molecule has 0 radical (unpaired) electrons. The molecule has 2 heterocycles. The highest BCUT2D eigenvalue weighted by Crippen LogP contribution is 2.44. The highest BCUT2D eigenvalue weighted by molar-refractivity contribution is 7.91. The molecule has 1 fully saturated rings. The fourth-order valence-corrected chi connectivity index (χ4v) is 6.78. The van der Waals surface area contributed by atoms with Crippen LogP contribution in [-0.4, -0.2) is 67.8 Å². The van der Waals surface area contributed by atoms with E-state index in [9.17, 15) is 13.2 Å². The van der Waals surface area contributed by atoms with Crippen LogP contribution in [0.4, 0.5) is 0 Å². The quantitative estimate of drug-likeness (QED) is 0.335. The molecule has 0 bridgehead atoms. The molecule has 0 unspecified atom stereocenters. The third kappa shape index (κ3) is 6.47. The van der Waals surface area contributed by atoms with Crippen LogP contribution in [0.3, 0.4) is 0 Å². The van der Waals surface area contributed by atoms with E-state index >= 15 is 0 Å². The number of aliphatic imine (C=N–C) groups is 1. The first-order chi connectivity index (χ1) is 19.9. The lowest BCUT2D eigenvalue weighted by molar-refractivity contribution is -0.140. The second-order valence-electron chi connectivity index (χ2n) is 10.4. The molecule has 2 aliphatic heterocycles. The molecule has 1 amide bonds. The fraction of sp³-hybridized carbons (Fsp3) is 0.375. The number of piperidine rings is 1. The number of nitrogens with zero attached hydrogens (tertiary/aromatic N) is 2. The van der Waals surface area contributed by atoms with Gasteiger partial charge in [-0.15, -0.1) is 0 Å². The second-order valence-corrected chi connectivity index (χ2v) is 12.5. The van der Waals surface area contributed by atoms with E-state index in [-0.39, 0.29) is 29.6 Å². The summed E-state index contributed by atoms with van der Waals surface area (Å²) in [4.78, 5) is 21.5. The Hall–Kier alpha value is -3.69. The number of hydrogen-bond donors (Lipinski definition) is 1. The van der Waals surface area contributed by atoms with Crippen molar-refractivity contribution in [3.05, 3.63) is 96.1 Å². The van der Waals surface area contributed by atoms with E-state index in [4.69, 9.17) is 19.6 Å². The zero-order valence-corrected chi connectivity index (χ0v) is 23.8. The average Bonchev–Trinajstić information content (AvgIpc) is 3.42. The number of aliphatic hydroxyl groups excluding tert-OH is 1. The summed E-state index contributed by atoms with van der Waals surface area (Å²) < 4.78 is 39.0. The van der Waals surface area contributed by atoms with Gasteiger partial charge in [-0.2, -0.15) is 0 Å². The zero-order chi connectivity index (χ0) is 28.7. The number of hydrogen-bond acceptors (Lipinski definition) is 7. The van der Waals surface area contributed by atoms with Gasteiger partial charge in [0.2, 0.25) is 5.90 Å². The molecular formula is C32H36N2O6S. The number of rotatable bonds is 11. The summed E-state index contributed by atoms with van der Waals surface area (Å²) in [5.74, 6) is 0.485. The first-order valence-electron chi connectivity index (χ1n) is 14.2. The molecule has 3 aromatic rings. The number of ether oxygens (including phenoxy) is 2. The highest BCUT2D eigenvalue weighted by atomic mass is 32.2. The number of amides is 1. The Bertz CT molecular complexity index is 1440. The summed E-state index contributed by atoms with van der Waals surface area (Å²) in [6, 6.07) is 25.0. The van der Waals surface area contributed by atoms with Gasteiger partial charge in [-0.25, -0.2) is 13.4 Å². The van der Waals surface area contributed by atoms with Crippen molar-refractivity contribution in [3.8, 4) is 5.75 Å². The van der Waals surface area contributed by atoms with E-state index in [2.05, 4.69) is 0 Å². The third-order valence-corrected chi connectivity index (χ3v) is 9.34. The summed E-state index contributed by atoms with van der Waals surface area (Å²) in [5, 5.41) is 9.02. The lowest BCUT2D eigenvalue weighted by atomic mass is 9.84. The molecule has 2 atom stereocenters. The summed E-state index contributed by atoms with van der Waals surface area (Å²) >= 11 is 0. The maximum atomic E-state index is 14.4. The van der Waals surface area contributed by atoms with E-state index < -0.39 is 21.5 Å². The number of sulfone groups is 1.